The fourth-order valence-electron chi connectivity index (χ4n) is 4.62. The topological polar surface area (TPSA) is 120 Å². The number of nitrogens with one attached hydrogen (secondary N) is 2. The van der Waals surface area contributed by atoms with Gasteiger partial charge in [0.15, 0.2) is 22.6 Å². The molecule has 2 fully saturated rings. The maximum Gasteiger partial charge on any atom is 0.236 e. The molecule has 2 aliphatic rings. The maximum atomic E-state index is 12.6. The number of H-pyrrole nitrogens is 1. The van der Waals surface area contributed by atoms with Crippen molar-refractivity contribution in [2.45, 2.75) is 36.2 Å². The predicted octanol–water partition coefficient (Wildman–Crippen LogP) is 3.14. The number of piperazine rings is 1. The highest BCUT2D eigenvalue weighted by Gasteiger charge is 2.29. The molecule has 1 aliphatic carbocycles. The zero-order valence-corrected chi connectivity index (χ0v) is 24.3. The molecular formula is C28H36N8O3S. The van der Waals surface area contributed by atoms with Gasteiger partial charge in [-0.05, 0) is 63.3 Å². The summed E-state index contributed by atoms with van der Waals surface area (Å²) in [7, 11) is 5.40. The Morgan fingerprint density at radius 2 is 1.85 bits per heavy atom. The van der Waals surface area contributed by atoms with E-state index in [-0.39, 0.29) is 11.8 Å². The van der Waals surface area contributed by atoms with Gasteiger partial charge < -0.3 is 24.8 Å². The molecule has 12 heteroatoms. The number of aromatic amines is 1. The molecule has 1 saturated heterocycles. The van der Waals surface area contributed by atoms with Crippen LogP contribution in [0.1, 0.15) is 24.1 Å². The Morgan fingerprint density at radius 1 is 1.12 bits per heavy atom. The third kappa shape index (κ3) is 6.92. The van der Waals surface area contributed by atoms with Crippen LogP contribution in [0.15, 0.2) is 40.4 Å². The van der Waals surface area contributed by atoms with Gasteiger partial charge in [0.1, 0.15) is 5.78 Å². The molecule has 212 valence electrons. The van der Waals surface area contributed by atoms with Crippen molar-refractivity contribution in [2.24, 2.45) is 5.92 Å². The van der Waals surface area contributed by atoms with Crippen molar-refractivity contribution < 1.29 is 14.3 Å². The lowest BCUT2D eigenvalue weighted by Crippen LogP contribution is -2.51. The molecule has 3 aromatic rings. The number of likely N-dealkylation sites (N-methyl/N-ethyl adjacent to an activating group) is 1. The summed E-state index contributed by atoms with van der Waals surface area (Å²) in [5, 5.41) is 11.1. The Balaban J connectivity index is 1.38. The lowest BCUT2D eigenvalue weighted by atomic mass is 10.1. The van der Waals surface area contributed by atoms with E-state index in [2.05, 4.69) is 20.4 Å². The summed E-state index contributed by atoms with van der Waals surface area (Å²) in [5.74, 6) is 3.04. The van der Waals surface area contributed by atoms with Crippen LogP contribution in [0.5, 0.6) is 5.75 Å². The van der Waals surface area contributed by atoms with E-state index in [1.54, 1.807) is 7.11 Å². The molecule has 0 unspecified atom stereocenters. The largest absolute Gasteiger partial charge is 0.490 e. The fraction of sp³-hybridized carbons (Fsp3) is 0.464. The standard InChI is InChI=1S/C28H36N8O3S/c1-18-15-23(33-32-18)29-26-25(39-4)27(36-13-11-35(12-14-36)24(38)17-34(2)3)31-28(30-26)40-21-9-5-19(6-10-21)16-22(37)20-7-8-20/h5-6,9-10,15,20H,7-8,11-14,16-17H2,1-4H3,(H2,29,30,31,32,33). The third-order valence-electron chi connectivity index (χ3n) is 6.91. The van der Waals surface area contributed by atoms with Crippen LogP contribution < -0.4 is 15.0 Å². The minimum Gasteiger partial charge on any atom is -0.490 e. The average Bonchev–Trinajstić information content (AvgIpc) is 3.71. The molecule has 0 radical (unpaired) electrons. The second kappa shape index (κ2) is 12.3. The van der Waals surface area contributed by atoms with Crippen LogP contribution in [0.4, 0.5) is 17.5 Å². The molecule has 0 spiro atoms. The number of carbonyl (C=O) groups excluding carboxylic acids is 2. The summed E-state index contributed by atoms with van der Waals surface area (Å²) in [5.41, 5.74) is 1.94. The van der Waals surface area contributed by atoms with Gasteiger partial charge >= 0.3 is 0 Å². The lowest BCUT2D eigenvalue weighted by Gasteiger charge is -2.36. The van der Waals surface area contributed by atoms with Gasteiger partial charge in [0.2, 0.25) is 11.7 Å². The molecule has 2 N–H and O–H groups in total. The molecule has 1 aromatic carbocycles. The number of nitrogens with zero attached hydrogens (tertiary/aromatic N) is 6. The van der Waals surface area contributed by atoms with Gasteiger partial charge in [-0.15, -0.1) is 0 Å². The van der Waals surface area contributed by atoms with Crippen molar-refractivity contribution in [1.82, 2.24) is 30.0 Å². The number of amides is 1. The van der Waals surface area contributed by atoms with Crippen LogP contribution in [0.3, 0.4) is 0 Å². The van der Waals surface area contributed by atoms with Gasteiger partial charge in [0, 0.05) is 55.2 Å². The molecule has 5 rings (SSSR count). The average molecular weight is 565 g/mol. The molecule has 0 atom stereocenters. The molecule has 0 bridgehead atoms. The second-order valence-corrected chi connectivity index (χ2v) is 11.6. The molecule has 1 aliphatic heterocycles. The van der Waals surface area contributed by atoms with Crippen LogP contribution >= 0.6 is 11.8 Å². The van der Waals surface area contributed by atoms with Gasteiger partial charge in [-0.3, -0.25) is 14.7 Å². The van der Waals surface area contributed by atoms with Gasteiger partial charge in [-0.1, -0.05) is 12.1 Å². The number of ether oxygens (including phenoxy) is 1. The van der Waals surface area contributed by atoms with Gasteiger partial charge in [0.25, 0.3) is 0 Å². The number of anilines is 3. The van der Waals surface area contributed by atoms with E-state index in [0.717, 1.165) is 29.0 Å². The fourth-order valence-corrected chi connectivity index (χ4v) is 5.38. The number of hydrogen-bond donors (Lipinski definition) is 2. The molecule has 1 saturated carbocycles. The first-order valence-electron chi connectivity index (χ1n) is 13.5. The van der Waals surface area contributed by atoms with Crippen molar-refractivity contribution in [1.29, 1.82) is 0 Å². The SMILES string of the molecule is COc1c(Nc2cc(C)[nH]n2)nc(Sc2ccc(CC(=O)C3CC3)cc2)nc1N1CCN(C(=O)CN(C)C)CC1. The molecule has 3 heterocycles. The summed E-state index contributed by atoms with van der Waals surface area (Å²) in [6.07, 6.45) is 2.54. The van der Waals surface area contributed by atoms with Crippen LogP contribution in [-0.4, -0.2) is 95.6 Å². The van der Waals surface area contributed by atoms with Crippen LogP contribution in [0.2, 0.25) is 0 Å². The normalized spacial score (nSPS) is 15.4. The van der Waals surface area contributed by atoms with Gasteiger partial charge in [-0.2, -0.15) is 5.10 Å². The minimum atomic E-state index is 0.120. The van der Waals surface area contributed by atoms with E-state index in [9.17, 15) is 9.59 Å². The van der Waals surface area contributed by atoms with E-state index in [4.69, 9.17) is 14.7 Å². The number of rotatable bonds is 11. The molecule has 1 amide bonds. The van der Waals surface area contributed by atoms with Crippen molar-refractivity contribution in [3.63, 3.8) is 0 Å². The lowest BCUT2D eigenvalue weighted by molar-refractivity contribution is -0.132. The minimum absolute atomic E-state index is 0.120. The zero-order valence-electron chi connectivity index (χ0n) is 23.4. The van der Waals surface area contributed by atoms with Crippen molar-refractivity contribution in [2.75, 3.05) is 64.1 Å². The number of carbonyl (C=O) groups is 2. The summed E-state index contributed by atoms with van der Waals surface area (Å²) in [6.45, 7) is 4.78. The van der Waals surface area contributed by atoms with E-state index in [1.165, 1.54) is 11.8 Å². The first-order valence-corrected chi connectivity index (χ1v) is 14.3. The Labute approximate surface area is 238 Å². The van der Waals surface area contributed by atoms with E-state index in [1.807, 2.05) is 61.2 Å². The Kier molecular flexibility index (Phi) is 8.55. The Morgan fingerprint density at radius 3 is 2.45 bits per heavy atom. The highest BCUT2D eigenvalue weighted by Crippen LogP contribution is 2.38. The molecule has 11 nitrogen and oxygen atoms in total. The monoisotopic (exact) mass is 564 g/mol. The molecule has 2 aromatic heterocycles. The highest BCUT2D eigenvalue weighted by atomic mass is 32.2. The number of hydrogen-bond acceptors (Lipinski definition) is 10. The number of methoxy groups -OCH3 is 1. The van der Waals surface area contributed by atoms with E-state index in [0.29, 0.717) is 73.3 Å². The predicted molar refractivity (Wildman–Crippen MR) is 155 cm³/mol. The van der Waals surface area contributed by atoms with Crippen molar-refractivity contribution in [3.8, 4) is 5.75 Å². The van der Waals surface area contributed by atoms with Crippen LogP contribution in [0.25, 0.3) is 0 Å². The summed E-state index contributed by atoms with van der Waals surface area (Å²) < 4.78 is 5.82. The number of Topliss-reactive ketones (excluding diaryl/α,β-unsaturated/α-hetero) is 1. The molecule has 40 heavy (non-hydrogen) atoms. The first-order chi connectivity index (χ1) is 19.3. The van der Waals surface area contributed by atoms with E-state index < -0.39 is 0 Å². The van der Waals surface area contributed by atoms with Crippen LogP contribution in [0, 0.1) is 12.8 Å². The third-order valence-corrected chi connectivity index (χ3v) is 7.78. The van der Waals surface area contributed by atoms with Crippen molar-refractivity contribution >= 4 is 40.9 Å². The van der Waals surface area contributed by atoms with Crippen molar-refractivity contribution in [3.05, 3.63) is 41.6 Å². The molecular weight excluding hydrogens is 528 g/mol. The Hall–Kier alpha value is -3.64. The maximum absolute atomic E-state index is 12.6. The number of aromatic nitrogens is 4. The summed E-state index contributed by atoms with van der Waals surface area (Å²) in [6, 6.07) is 9.91. The van der Waals surface area contributed by atoms with E-state index >= 15 is 0 Å². The summed E-state index contributed by atoms with van der Waals surface area (Å²) >= 11 is 1.45. The van der Waals surface area contributed by atoms with Crippen LogP contribution in [-0.2, 0) is 16.0 Å². The first kappa shape index (κ1) is 27.9. The van der Waals surface area contributed by atoms with Gasteiger partial charge in [0.05, 0.1) is 13.7 Å². The van der Waals surface area contributed by atoms with Gasteiger partial charge in [-0.25, -0.2) is 9.97 Å². The smallest absolute Gasteiger partial charge is 0.236 e. The zero-order chi connectivity index (χ0) is 28.2. The Bertz CT molecular complexity index is 1350. The number of ketones is 1. The second-order valence-electron chi connectivity index (χ2n) is 10.5. The number of benzene rings is 1. The summed E-state index contributed by atoms with van der Waals surface area (Å²) in [4.78, 5) is 41.4. The number of aryl methyl sites for hydroxylation is 1. The quantitative estimate of drug-likeness (QED) is 0.336. The highest BCUT2D eigenvalue weighted by molar-refractivity contribution is 7.99.